The number of rotatable bonds is 3. The van der Waals surface area contributed by atoms with E-state index in [1.165, 1.54) is 16.9 Å². The molecule has 0 spiro atoms. The minimum Gasteiger partial charge on any atom is -0.319 e. The molecule has 2 amide bonds. The summed E-state index contributed by atoms with van der Waals surface area (Å²) in [5, 5.41) is 6.74. The molecule has 3 rings (SSSR count). The van der Waals surface area contributed by atoms with Crippen molar-refractivity contribution in [1.82, 2.24) is 20.0 Å². The molecule has 0 aliphatic carbocycles. The lowest BCUT2D eigenvalue weighted by Gasteiger charge is -2.05. The summed E-state index contributed by atoms with van der Waals surface area (Å²) in [7, 11) is 0. The molecule has 0 fully saturated rings. The van der Waals surface area contributed by atoms with Crippen LogP contribution >= 0.6 is 15.9 Å². The molecule has 2 heterocycles. The molecule has 0 saturated carbocycles. The van der Waals surface area contributed by atoms with E-state index in [1.54, 1.807) is 30.5 Å². The van der Waals surface area contributed by atoms with Gasteiger partial charge >= 0.3 is 0 Å². The summed E-state index contributed by atoms with van der Waals surface area (Å²) in [6.07, 6.45) is 4.36. The normalized spacial score (nSPS) is 10.5. The first kappa shape index (κ1) is 15.1. The van der Waals surface area contributed by atoms with Crippen LogP contribution in [0.25, 0.3) is 5.65 Å². The van der Waals surface area contributed by atoms with Crippen molar-refractivity contribution in [2.75, 3.05) is 5.32 Å². The maximum atomic E-state index is 12.2. The molecule has 0 atom stereocenters. The van der Waals surface area contributed by atoms with Gasteiger partial charge in [-0.1, -0.05) is 15.9 Å². The van der Waals surface area contributed by atoms with Crippen molar-refractivity contribution in [1.29, 1.82) is 0 Å². The van der Waals surface area contributed by atoms with Crippen molar-refractivity contribution in [2.45, 2.75) is 0 Å². The van der Waals surface area contributed by atoms with Gasteiger partial charge in [-0.25, -0.2) is 15.3 Å². The van der Waals surface area contributed by atoms with Gasteiger partial charge in [0.25, 0.3) is 11.8 Å². The molecule has 0 unspecified atom stereocenters. The van der Waals surface area contributed by atoms with Crippen molar-refractivity contribution in [3.05, 3.63) is 58.5 Å². The first-order valence-electron chi connectivity index (χ1n) is 6.50. The summed E-state index contributed by atoms with van der Waals surface area (Å²) >= 11 is 3.31. The monoisotopic (exact) mass is 374 g/mol. The number of nitrogen functional groups attached to an aromatic ring is 1. The third kappa shape index (κ3) is 3.05. The number of benzene rings is 1. The predicted molar refractivity (Wildman–Crippen MR) is 86.7 cm³/mol. The van der Waals surface area contributed by atoms with E-state index in [1.807, 2.05) is 5.43 Å². The van der Waals surface area contributed by atoms with Gasteiger partial charge in [0.05, 0.1) is 24.3 Å². The van der Waals surface area contributed by atoms with Crippen molar-refractivity contribution in [3.63, 3.8) is 0 Å². The molecule has 0 aliphatic heterocycles. The minimum atomic E-state index is -0.487. The number of hydrogen-bond donors (Lipinski definition) is 3. The summed E-state index contributed by atoms with van der Waals surface area (Å²) in [6, 6.07) is 6.95. The number of carbonyl (C=O) groups excluding carboxylic acids is 2. The highest BCUT2D eigenvalue weighted by atomic mass is 79.9. The molecule has 3 aromatic rings. The molecule has 0 radical (unpaired) electrons. The molecule has 2 aromatic heterocycles. The fourth-order valence-corrected chi connectivity index (χ4v) is 2.25. The Labute approximate surface area is 138 Å². The lowest BCUT2D eigenvalue weighted by atomic mass is 10.2. The molecule has 4 N–H and O–H groups in total. The maximum Gasteiger partial charge on any atom is 0.270 e. The largest absolute Gasteiger partial charge is 0.319 e. The fraction of sp³-hybridized carbons (Fsp3) is 0. The molecule has 23 heavy (non-hydrogen) atoms. The average molecular weight is 375 g/mol. The van der Waals surface area contributed by atoms with Crippen LogP contribution in [-0.2, 0) is 0 Å². The Bertz CT molecular complexity index is 890. The maximum absolute atomic E-state index is 12.2. The van der Waals surface area contributed by atoms with E-state index in [0.29, 0.717) is 16.9 Å². The minimum absolute atomic E-state index is 0.248. The number of nitrogens with one attached hydrogen (secondary N) is 2. The predicted octanol–water partition coefficient (Wildman–Crippen LogP) is 1.35. The Morgan fingerprint density at radius 1 is 1.13 bits per heavy atom. The second kappa shape index (κ2) is 6.15. The number of halogens is 1. The molecule has 116 valence electrons. The summed E-state index contributed by atoms with van der Waals surface area (Å²) in [5.41, 5.74) is 3.58. The van der Waals surface area contributed by atoms with Crippen LogP contribution in [0.4, 0.5) is 5.69 Å². The number of hydrogen-bond acceptors (Lipinski definition) is 5. The zero-order valence-electron chi connectivity index (χ0n) is 11.7. The highest BCUT2D eigenvalue weighted by Crippen LogP contribution is 2.14. The summed E-state index contributed by atoms with van der Waals surface area (Å²) in [5.74, 6) is 4.34. The van der Waals surface area contributed by atoms with E-state index in [0.717, 1.165) is 4.47 Å². The number of fused-ring (bicyclic) bond motifs is 1. The number of nitrogens with zero attached hydrogens (tertiary/aromatic N) is 3. The number of anilines is 1. The van der Waals surface area contributed by atoms with E-state index < -0.39 is 5.91 Å². The second-order valence-electron chi connectivity index (χ2n) is 4.60. The van der Waals surface area contributed by atoms with Crippen molar-refractivity contribution in [2.24, 2.45) is 5.84 Å². The molecule has 9 heteroatoms. The van der Waals surface area contributed by atoms with Crippen LogP contribution in [0.3, 0.4) is 0 Å². The number of aromatic nitrogens is 3. The van der Waals surface area contributed by atoms with Gasteiger partial charge in [0.1, 0.15) is 5.56 Å². The van der Waals surface area contributed by atoms with E-state index in [-0.39, 0.29) is 11.5 Å². The first-order valence-corrected chi connectivity index (χ1v) is 7.29. The SMILES string of the molecule is NNC(=O)c1cnn2cc(NC(=O)c3ccc(Br)cc3)cnc12. The van der Waals surface area contributed by atoms with Gasteiger partial charge in [-0.05, 0) is 24.3 Å². The van der Waals surface area contributed by atoms with Gasteiger partial charge in [-0.2, -0.15) is 5.10 Å². The average Bonchev–Trinajstić information content (AvgIpc) is 2.98. The van der Waals surface area contributed by atoms with Crippen LogP contribution in [-0.4, -0.2) is 26.4 Å². The van der Waals surface area contributed by atoms with Gasteiger partial charge in [-0.3, -0.25) is 15.0 Å². The summed E-state index contributed by atoms with van der Waals surface area (Å²) < 4.78 is 2.28. The van der Waals surface area contributed by atoms with Crippen molar-refractivity contribution >= 4 is 39.1 Å². The van der Waals surface area contributed by atoms with Crippen LogP contribution in [0.5, 0.6) is 0 Å². The van der Waals surface area contributed by atoms with E-state index in [4.69, 9.17) is 5.84 Å². The van der Waals surface area contributed by atoms with E-state index in [2.05, 4.69) is 31.3 Å². The third-order valence-corrected chi connectivity index (χ3v) is 3.63. The van der Waals surface area contributed by atoms with E-state index >= 15 is 0 Å². The number of nitrogens with two attached hydrogens (primary N) is 1. The first-order chi connectivity index (χ1) is 11.1. The Kier molecular flexibility index (Phi) is 4.04. The van der Waals surface area contributed by atoms with E-state index in [9.17, 15) is 9.59 Å². The van der Waals surface area contributed by atoms with Crippen molar-refractivity contribution in [3.8, 4) is 0 Å². The summed E-state index contributed by atoms with van der Waals surface area (Å²) in [6.45, 7) is 0. The lowest BCUT2D eigenvalue weighted by molar-refractivity contribution is 0.0954. The molecular formula is C14H11BrN6O2. The molecule has 0 saturated heterocycles. The van der Waals surface area contributed by atoms with Crippen LogP contribution in [0.2, 0.25) is 0 Å². The molecule has 8 nitrogen and oxygen atoms in total. The van der Waals surface area contributed by atoms with Crippen LogP contribution in [0.15, 0.2) is 47.3 Å². The Morgan fingerprint density at radius 3 is 2.57 bits per heavy atom. The Morgan fingerprint density at radius 2 is 1.87 bits per heavy atom. The quantitative estimate of drug-likeness (QED) is 0.363. The van der Waals surface area contributed by atoms with Gasteiger partial charge in [0, 0.05) is 10.0 Å². The third-order valence-electron chi connectivity index (χ3n) is 3.10. The van der Waals surface area contributed by atoms with Crippen LogP contribution in [0, 0.1) is 0 Å². The zero-order chi connectivity index (χ0) is 16.4. The topological polar surface area (TPSA) is 114 Å². The van der Waals surface area contributed by atoms with Crippen molar-refractivity contribution < 1.29 is 9.59 Å². The number of carbonyl (C=O) groups is 2. The van der Waals surface area contributed by atoms with Gasteiger partial charge in [0.15, 0.2) is 5.65 Å². The molecule has 0 bridgehead atoms. The molecule has 1 aromatic carbocycles. The van der Waals surface area contributed by atoms with Crippen LogP contribution < -0.4 is 16.6 Å². The smallest absolute Gasteiger partial charge is 0.270 e. The highest BCUT2D eigenvalue weighted by molar-refractivity contribution is 9.10. The Hall–Kier alpha value is -2.78. The molecule has 0 aliphatic rings. The fourth-order valence-electron chi connectivity index (χ4n) is 1.98. The zero-order valence-corrected chi connectivity index (χ0v) is 13.2. The number of hydrazine groups is 1. The lowest BCUT2D eigenvalue weighted by Crippen LogP contribution is -2.29. The highest BCUT2D eigenvalue weighted by Gasteiger charge is 2.13. The van der Waals surface area contributed by atoms with Crippen LogP contribution in [0.1, 0.15) is 20.7 Å². The Balaban J connectivity index is 1.85. The molecular weight excluding hydrogens is 364 g/mol. The number of amides is 2. The van der Waals surface area contributed by atoms with Gasteiger partial charge < -0.3 is 5.32 Å². The standard InChI is InChI=1S/C14H11BrN6O2/c15-9-3-1-8(2-4-9)13(22)19-10-5-17-12-11(14(23)20-16)6-18-21(12)7-10/h1-7H,16H2,(H,19,22)(H,20,23). The second-order valence-corrected chi connectivity index (χ2v) is 5.52. The summed E-state index contributed by atoms with van der Waals surface area (Å²) in [4.78, 5) is 27.9. The van der Waals surface area contributed by atoms with Gasteiger partial charge in [0.2, 0.25) is 0 Å². The van der Waals surface area contributed by atoms with Gasteiger partial charge in [-0.15, -0.1) is 0 Å².